The molecule has 0 fully saturated rings. The molecule has 1 N–H and O–H groups in total. The summed E-state index contributed by atoms with van der Waals surface area (Å²) < 4.78 is 10.1. The zero-order chi connectivity index (χ0) is 20.0. The molecule has 2 rings (SSSR count). The fraction of sp³-hybridized carbons (Fsp3) is 0.526. The molecule has 2 aromatic rings. The molecule has 0 aliphatic heterocycles. The minimum absolute atomic E-state index is 0.0613. The van der Waals surface area contributed by atoms with Crippen LogP contribution in [0.15, 0.2) is 16.8 Å². The molecule has 0 amide bonds. The monoisotopic (exact) mass is 410 g/mol. The predicted octanol–water partition coefficient (Wildman–Crippen LogP) is 3.98. The van der Waals surface area contributed by atoms with E-state index < -0.39 is 12.1 Å². The molecule has 0 saturated heterocycles. The number of ether oxygens (including phenoxy) is 2. The highest BCUT2D eigenvalue weighted by molar-refractivity contribution is 7.14. The van der Waals surface area contributed by atoms with Crippen molar-refractivity contribution >= 4 is 34.7 Å². The number of aromatic nitrogens is 2. The number of rotatable bonds is 9. The van der Waals surface area contributed by atoms with Gasteiger partial charge in [0.2, 0.25) is 0 Å². The van der Waals surface area contributed by atoms with Crippen LogP contribution in [0.25, 0.3) is 16.8 Å². The Morgan fingerprint density at radius 1 is 1.22 bits per heavy atom. The molecule has 0 aliphatic carbocycles. The number of aliphatic hydroxyl groups is 1. The quantitative estimate of drug-likeness (QED) is 0.630. The fourth-order valence-electron chi connectivity index (χ4n) is 2.45. The molecular weight excluding hydrogens is 384 g/mol. The highest BCUT2D eigenvalue weighted by Gasteiger charge is 2.25. The van der Waals surface area contributed by atoms with Gasteiger partial charge < -0.3 is 14.6 Å². The van der Waals surface area contributed by atoms with Crippen molar-refractivity contribution in [3.63, 3.8) is 0 Å². The molecule has 1 unspecified atom stereocenters. The molecule has 0 spiro atoms. The Morgan fingerprint density at radius 3 is 2.56 bits per heavy atom. The van der Waals surface area contributed by atoms with Gasteiger partial charge in [0.25, 0.3) is 0 Å². The van der Waals surface area contributed by atoms with Gasteiger partial charge in [0.05, 0.1) is 36.4 Å². The molecule has 27 heavy (non-hydrogen) atoms. The largest absolute Gasteiger partial charge is 0.469 e. The summed E-state index contributed by atoms with van der Waals surface area (Å²) in [5.41, 5.74) is 1.71. The van der Waals surface area contributed by atoms with Crippen molar-refractivity contribution in [2.75, 3.05) is 14.2 Å². The Hall–Kier alpha value is -1.61. The lowest BCUT2D eigenvalue weighted by Gasteiger charge is -2.24. The van der Waals surface area contributed by atoms with Crippen molar-refractivity contribution in [1.82, 2.24) is 9.97 Å². The zero-order valence-corrected chi connectivity index (χ0v) is 17.8. The number of hydrogen-bond acceptors (Lipinski definition) is 8. The van der Waals surface area contributed by atoms with Gasteiger partial charge in [-0.15, -0.1) is 22.7 Å². The Bertz CT molecular complexity index is 769. The van der Waals surface area contributed by atoms with E-state index in [1.165, 1.54) is 7.11 Å². The van der Waals surface area contributed by atoms with Gasteiger partial charge >= 0.3 is 5.97 Å². The maximum Gasteiger partial charge on any atom is 0.308 e. The van der Waals surface area contributed by atoms with E-state index in [0.717, 1.165) is 21.4 Å². The van der Waals surface area contributed by atoms with Gasteiger partial charge in [-0.05, 0) is 6.08 Å². The lowest BCUT2D eigenvalue weighted by Crippen LogP contribution is -2.31. The van der Waals surface area contributed by atoms with Crippen LogP contribution in [0.4, 0.5) is 0 Å². The lowest BCUT2D eigenvalue weighted by atomic mass is 9.95. The van der Waals surface area contributed by atoms with Crippen LogP contribution < -0.4 is 0 Å². The van der Waals surface area contributed by atoms with E-state index in [1.807, 2.05) is 29.8 Å². The van der Waals surface area contributed by atoms with Crippen LogP contribution in [0, 0.1) is 5.92 Å². The van der Waals surface area contributed by atoms with Crippen LogP contribution in [-0.4, -0.2) is 47.5 Å². The predicted molar refractivity (Wildman–Crippen MR) is 109 cm³/mol. The first-order valence-corrected chi connectivity index (χ1v) is 10.5. The molecule has 0 saturated carbocycles. The number of esters is 1. The van der Waals surface area contributed by atoms with Crippen molar-refractivity contribution in [3.05, 3.63) is 27.5 Å². The second kappa shape index (κ2) is 10.1. The molecule has 2 aromatic heterocycles. The van der Waals surface area contributed by atoms with Crippen molar-refractivity contribution in [1.29, 1.82) is 0 Å². The first-order valence-electron chi connectivity index (χ1n) is 8.72. The molecule has 0 aliphatic rings. The minimum atomic E-state index is -0.845. The van der Waals surface area contributed by atoms with Crippen LogP contribution in [0.1, 0.15) is 43.8 Å². The second-order valence-electron chi connectivity index (χ2n) is 6.57. The minimum Gasteiger partial charge on any atom is -0.469 e. The molecule has 0 radical (unpaired) electrons. The molecule has 148 valence electrons. The van der Waals surface area contributed by atoms with Gasteiger partial charge in [-0.1, -0.05) is 26.8 Å². The zero-order valence-electron chi connectivity index (χ0n) is 16.2. The van der Waals surface area contributed by atoms with Crippen LogP contribution in [-0.2, 0) is 14.3 Å². The number of carbonyl (C=O) groups excluding carboxylic acids is 1. The van der Waals surface area contributed by atoms with E-state index in [0.29, 0.717) is 5.92 Å². The van der Waals surface area contributed by atoms with Gasteiger partial charge in [0.1, 0.15) is 10.7 Å². The average molecular weight is 411 g/mol. The Balaban J connectivity index is 2.05. The third-order valence-electron chi connectivity index (χ3n) is 4.21. The molecule has 6 nitrogen and oxygen atoms in total. The SMILES string of the molecule is COC(=O)CC(O)[C@H](C)[C@H](/C=C/c1csc(-c2csc(C(C)C)n2)n1)OC. The summed E-state index contributed by atoms with van der Waals surface area (Å²) in [6, 6.07) is 0. The fourth-order valence-corrected chi connectivity index (χ4v) is 4.09. The maximum absolute atomic E-state index is 11.3. The van der Waals surface area contributed by atoms with Crippen LogP contribution >= 0.6 is 22.7 Å². The summed E-state index contributed by atoms with van der Waals surface area (Å²) in [6.45, 7) is 6.08. The number of nitrogens with zero attached hydrogens (tertiary/aromatic N) is 2. The number of hydrogen-bond donors (Lipinski definition) is 1. The van der Waals surface area contributed by atoms with Crippen molar-refractivity contribution in [2.24, 2.45) is 5.92 Å². The summed E-state index contributed by atoms with van der Waals surface area (Å²) >= 11 is 3.19. The number of carbonyl (C=O) groups is 1. The van der Waals surface area contributed by atoms with E-state index in [1.54, 1.807) is 29.8 Å². The molecule has 0 aromatic carbocycles. The van der Waals surface area contributed by atoms with Crippen LogP contribution in [0.5, 0.6) is 0 Å². The number of methoxy groups -OCH3 is 2. The van der Waals surface area contributed by atoms with Crippen molar-refractivity contribution in [3.8, 4) is 10.7 Å². The highest BCUT2D eigenvalue weighted by atomic mass is 32.1. The van der Waals surface area contributed by atoms with E-state index in [2.05, 4.69) is 28.6 Å². The summed E-state index contributed by atoms with van der Waals surface area (Å²) in [5, 5.41) is 16.2. The molecule has 3 atom stereocenters. The standard InChI is InChI=1S/C19H26N2O4S2/c1-11(2)18-21-14(10-27-18)19-20-13(9-26-19)6-7-16(24-4)12(3)15(22)8-17(23)25-5/h6-7,9-12,15-16,22H,8H2,1-5H3/b7-6+/t12-,15?,16-/m0/s1. The van der Waals surface area contributed by atoms with Gasteiger partial charge in [0, 0.05) is 29.7 Å². The van der Waals surface area contributed by atoms with Crippen LogP contribution in [0.2, 0.25) is 0 Å². The topological polar surface area (TPSA) is 81.5 Å². The Morgan fingerprint density at radius 2 is 1.96 bits per heavy atom. The van der Waals surface area contributed by atoms with E-state index in [9.17, 15) is 9.90 Å². The third-order valence-corrected chi connectivity index (χ3v) is 6.24. The summed E-state index contributed by atoms with van der Waals surface area (Å²) in [7, 11) is 2.88. The lowest BCUT2D eigenvalue weighted by molar-refractivity contribution is -0.144. The maximum atomic E-state index is 11.3. The van der Waals surface area contributed by atoms with Gasteiger partial charge in [-0.2, -0.15) is 0 Å². The van der Waals surface area contributed by atoms with Crippen LogP contribution in [0.3, 0.4) is 0 Å². The van der Waals surface area contributed by atoms with Crippen molar-refractivity contribution in [2.45, 2.75) is 45.3 Å². The smallest absolute Gasteiger partial charge is 0.308 e. The van der Waals surface area contributed by atoms with Gasteiger partial charge in [-0.3, -0.25) is 4.79 Å². The second-order valence-corrected chi connectivity index (χ2v) is 8.32. The summed E-state index contributed by atoms with van der Waals surface area (Å²) in [5.74, 6) is -0.305. The average Bonchev–Trinajstić information content (AvgIpc) is 3.31. The first kappa shape index (κ1) is 21.7. The molecular formula is C19H26N2O4S2. The molecule has 0 bridgehead atoms. The normalized spacial score (nSPS) is 15.2. The Kier molecular flexibility index (Phi) is 8.09. The summed E-state index contributed by atoms with van der Waals surface area (Å²) in [6.07, 6.45) is 2.47. The van der Waals surface area contributed by atoms with Gasteiger partial charge in [0.15, 0.2) is 0 Å². The molecule has 2 heterocycles. The summed E-state index contributed by atoms with van der Waals surface area (Å²) in [4.78, 5) is 20.6. The molecule has 8 heteroatoms. The first-order chi connectivity index (χ1) is 12.8. The van der Waals surface area contributed by atoms with E-state index in [-0.39, 0.29) is 18.4 Å². The Labute approximate surface area is 167 Å². The van der Waals surface area contributed by atoms with Gasteiger partial charge in [-0.25, -0.2) is 9.97 Å². The number of thiazole rings is 2. The van der Waals surface area contributed by atoms with E-state index in [4.69, 9.17) is 4.74 Å². The van der Waals surface area contributed by atoms with E-state index >= 15 is 0 Å². The highest BCUT2D eigenvalue weighted by Crippen LogP contribution is 2.29. The third kappa shape index (κ3) is 5.93. The number of aliphatic hydroxyl groups excluding tert-OH is 1. The van der Waals surface area contributed by atoms with Crippen molar-refractivity contribution < 1.29 is 19.4 Å².